The van der Waals surface area contributed by atoms with Crippen LogP contribution in [0.5, 0.6) is 5.75 Å². The topological polar surface area (TPSA) is 47.3 Å². The van der Waals surface area contributed by atoms with Gasteiger partial charge in [-0.05, 0) is 24.3 Å². The molecule has 2 aromatic rings. The van der Waals surface area contributed by atoms with Crippen molar-refractivity contribution >= 4 is 0 Å². The minimum absolute atomic E-state index is 0.237. The molecule has 0 saturated heterocycles. The summed E-state index contributed by atoms with van der Waals surface area (Å²) < 4.78 is 20.3. The quantitative estimate of drug-likeness (QED) is 0.878. The molecular formula is C13H15FN2O2. The summed E-state index contributed by atoms with van der Waals surface area (Å²) in [5, 5.41) is 13.2. The van der Waals surface area contributed by atoms with Crippen LogP contribution in [0.1, 0.15) is 11.3 Å². The number of aliphatic hydroxyl groups excluding tert-OH is 1. The third kappa shape index (κ3) is 2.87. The largest absolute Gasteiger partial charge is 0.493 e. The fourth-order valence-electron chi connectivity index (χ4n) is 1.72. The van der Waals surface area contributed by atoms with Gasteiger partial charge in [0.2, 0.25) is 0 Å². The minimum Gasteiger partial charge on any atom is -0.493 e. The predicted molar refractivity (Wildman–Crippen MR) is 64.7 cm³/mol. The third-order valence-corrected chi connectivity index (χ3v) is 2.73. The Morgan fingerprint density at radius 1 is 1.39 bits per heavy atom. The molecule has 1 N–H and O–H groups in total. The van der Waals surface area contributed by atoms with Gasteiger partial charge in [0.15, 0.2) is 0 Å². The lowest BCUT2D eigenvalue weighted by molar-refractivity contribution is 0.262. The van der Waals surface area contributed by atoms with Crippen molar-refractivity contribution in [3.8, 4) is 5.75 Å². The number of aryl methyl sites for hydroxylation is 1. The highest BCUT2D eigenvalue weighted by Gasteiger charge is 2.05. The average Bonchev–Trinajstić information content (AvgIpc) is 2.77. The zero-order chi connectivity index (χ0) is 13.0. The molecule has 4 nitrogen and oxygen atoms in total. The van der Waals surface area contributed by atoms with E-state index in [0.717, 1.165) is 5.69 Å². The lowest BCUT2D eigenvalue weighted by Gasteiger charge is -2.10. The van der Waals surface area contributed by atoms with Gasteiger partial charge in [-0.25, -0.2) is 4.39 Å². The third-order valence-electron chi connectivity index (χ3n) is 2.73. The molecule has 0 amide bonds. The Kier molecular flexibility index (Phi) is 3.94. The Hall–Kier alpha value is -1.88. The fraction of sp³-hybridized carbons (Fsp3) is 0.308. The number of benzene rings is 1. The molecule has 1 aromatic heterocycles. The van der Waals surface area contributed by atoms with E-state index in [2.05, 4.69) is 5.10 Å². The molecule has 1 aromatic carbocycles. The minimum atomic E-state index is -0.377. The first-order valence-electron chi connectivity index (χ1n) is 5.69. The smallest absolute Gasteiger partial charge is 0.125 e. The molecule has 0 radical (unpaired) electrons. The summed E-state index contributed by atoms with van der Waals surface area (Å²) in [5.41, 5.74) is 1.52. The standard InChI is InChI=1S/C13H15FN2O2/c1-16-12(4-6-15-16)5-7-18-13-3-2-11(14)8-10(13)9-17/h2-4,6,8,17H,5,7,9H2,1H3. The van der Waals surface area contributed by atoms with Crippen molar-refractivity contribution in [1.82, 2.24) is 9.78 Å². The zero-order valence-electron chi connectivity index (χ0n) is 10.1. The lowest BCUT2D eigenvalue weighted by Crippen LogP contribution is -2.07. The Balaban J connectivity index is 1.96. The number of aromatic nitrogens is 2. The van der Waals surface area contributed by atoms with Gasteiger partial charge in [-0.1, -0.05) is 0 Å². The van der Waals surface area contributed by atoms with Crippen molar-refractivity contribution in [1.29, 1.82) is 0 Å². The molecule has 1 heterocycles. The Labute approximate surface area is 105 Å². The van der Waals surface area contributed by atoms with E-state index in [0.29, 0.717) is 24.3 Å². The van der Waals surface area contributed by atoms with Crippen LogP contribution in [0.2, 0.25) is 0 Å². The molecule has 0 atom stereocenters. The van der Waals surface area contributed by atoms with Gasteiger partial charge in [-0.2, -0.15) is 5.10 Å². The molecule has 2 rings (SSSR count). The van der Waals surface area contributed by atoms with E-state index >= 15 is 0 Å². The van der Waals surface area contributed by atoms with Crippen LogP contribution in [0.25, 0.3) is 0 Å². The Morgan fingerprint density at radius 3 is 2.89 bits per heavy atom. The maximum Gasteiger partial charge on any atom is 0.125 e. The van der Waals surface area contributed by atoms with Gasteiger partial charge in [0.05, 0.1) is 13.2 Å². The van der Waals surface area contributed by atoms with Gasteiger partial charge in [-0.15, -0.1) is 0 Å². The van der Waals surface area contributed by atoms with E-state index in [1.54, 1.807) is 10.9 Å². The molecule has 0 aliphatic carbocycles. The monoisotopic (exact) mass is 250 g/mol. The lowest BCUT2D eigenvalue weighted by atomic mass is 10.2. The van der Waals surface area contributed by atoms with E-state index in [4.69, 9.17) is 9.84 Å². The van der Waals surface area contributed by atoms with E-state index in [1.165, 1.54) is 18.2 Å². The molecule has 0 unspecified atom stereocenters. The van der Waals surface area contributed by atoms with Crippen LogP contribution in [-0.2, 0) is 20.1 Å². The molecule has 0 aliphatic heterocycles. The summed E-state index contributed by atoms with van der Waals surface area (Å²) >= 11 is 0. The first kappa shape index (κ1) is 12.6. The molecule has 0 bridgehead atoms. The SMILES string of the molecule is Cn1nccc1CCOc1ccc(F)cc1CO. The van der Waals surface area contributed by atoms with Crippen LogP contribution in [0.4, 0.5) is 4.39 Å². The van der Waals surface area contributed by atoms with E-state index in [1.807, 2.05) is 13.1 Å². The highest BCUT2D eigenvalue weighted by Crippen LogP contribution is 2.19. The summed E-state index contributed by atoms with van der Waals surface area (Å²) in [7, 11) is 1.87. The second-order valence-corrected chi connectivity index (χ2v) is 3.95. The van der Waals surface area contributed by atoms with Gasteiger partial charge in [0.1, 0.15) is 11.6 Å². The second kappa shape index (κ2) is 5.64. The number of ether oxygens (including phenoxy) is 1. The highest BCUT2D eigenvalue weighted by atomic mass is 19.1. The van der Waals surface area contributed by atoms with E-state index < -0.39 is 0 Å². The van der Waals surface area contributed by atoms with Crippen molar-refractivity contribution in [3.63, 3.8) is 0 Å². The molecule has 0 aliphatic rings. The normalized spacial score (nSPS) is 10.6. The predicted octanol–water partition coefficient (Wildman–Crippen LogP) is 1.67. The summed E-state index contributed by atoms with van der Waals surface area (Å²) in [6.45, 7) is 0.219. The van der Waals surface area contributed by atoms with Gasteiger partial charge in [0, 0.05) is 30.9 Å². The first-order chi connectivity index (χ1) is 8.70. The number of hydrogen-bond donors (Lipinski definition) is 1. The summed E-state index contributed by atoms with van der Waals surface area (Å²) in [5.74, 6) is 0.138. The summed E-state index contributed by atoms with van der Waals surface area (Å²) in [6.07, 6.45) is 2.44. The van der Waals surface area contributed by atoms with Crippen molar-refractivity contribution in [2.75, 3.05) is 6.61 Å². The number of halogens is 1. The second-order valence-electron chi connectivity index (χ2n) is 3.95. The molecule has 0 fully saturated rings. The molecule has 0 spiro atoms. The maximum absolute atomic E-state index is 13.0. The fourth-order valence-corrected chi connectivity index (χ4v) is 1.72. The number of aliphatic hydroxyl groups is 1. The number of hydrogen-bond acceptors (Lipinski definition) is 3. The van der Waals surface area contributed by atoms with Crippen molar-refractivity contribution in [2.45, 2.75) is 13.0 Å². The first-order valence-corrected chi connectivity index (χ1v) is 5.69. The van der Waals surface area contributed by atoms with Crippen LogP contribution in [0, 0.1) is 5.82 Å². The Bertz CT molecular complexity index is 525. The van der Waals surface area contributed by atoms with Gasteiger partial charge in [0.25, 0.3) is 0 Å². The average molecular weight is 250 g/mol. The molecular weight excluding hydrogens is 235 g/mol. The molecule has 5 heteroatoms. The number of nitrogens with zero attached hydrogens (tertiary/aromatic N) is 2. The van der Waals surface area contributed by atoms with E-state index in [9.17, 15) is 4.39 Å². The maximum atomic E-state index is 13.0. The molecule has 18 heavy (non-hydrogen) atoms. The van der Waals surface area contributed by atoms with Crippen LogP contribution in [0.3, 0.4) is 0 Å². The van der Waals surface area contributed by atoms with Crippen LogP contribution >= 0.6 is 0 Å². The van der Waals surface area contributed by atoms with Crippen molar-refractivity contribution in [3.05, 3.63) is 47.5 Å². The van der Waals surface area contributed by atoms with Gasteiger partial charge in [-0.3, -0.25) is 4.68 Å². The van der Waals surface area contributed by atoms with Crippen LogP contribution < -0.4 is 4.74 Å². The number of rotatable bonds is 5. The summed E-state index contributed by atoms with van der Waals surface area (Å²) in [4.78, 5) is 0. The van der Waals surface area contributed by atoms with Crippen LogP contribution in [-0.4, -0.2) is 21.5 Å². The van der Waals surface area contributed by atoms with E-state index in [-0.39, 0.29) is 12.4 Å². The highest BCUT2D eigenvalue weighted by molar-refractivity contribution is 5.33. The Morgan fingerprint density at radius 2 is 2.22 bits per heavy atom. The zero-order valence-corrected chi connectivity index (χ0v) is 10.1. The molecule has 96 valence electrons. The van der Waals surface area contributed by atoms with Crippen molar-refractivity contribution in [2.24, 2.45) is 7.05 Å². The molecule has 0 saturated carbocycles. The van der Waals surface area contributed by atoms with Gasteiger partial charge < -0.3 is 9.84 Å². The van der Waals surface area contributed by atoms with Crippen molar-refractivity contribution < 1.29 is 14.2 Å². The van der Waals surface area contributed by atoms with Gasteiger partial charge >= 0.3 is 0 Å². The summed E-state index contributed by atoms with van der Waals surface area (Å²) in [6, 6.07) is 6.04. The van der Waals surface area contributed by atoms with Crippen LogP contribution in [0.15, 0.2) is 30.5 Å².